The van der Waals surface area contributed by atoms with Crippen molar-refractivity contribution in [3.63, 3.8) is 0 Å². The number of nitrogens with zero attached hydrogens (tertiary/aromatic N) is 1. The van der Waals surface area contributed by atoms with Gasteiger partial charge in [0.15, 0.2) is 0 Å². The maximum atomic E-state index is 12.3. The molecular formula is C16H19ClN2O2S. The molecule has 0 amide bonds. The predicted octanol–water partition coefficient (Wildman–Crippen LogP) is 2.92. The van der Waals surface area contributed by atoms with Gasteiger partial charge in [-0.15, -0.1) is 0 Å². The van der Waals surface area contributed by atoms with Gasteiger partial charge in [-0.1, -0.05) is 48.0 Å². The topological polar surface area (TPSA) is 49.4 Å². The van der Waals surface area contributed by atoms with Crippen LogP contribution in [-0.4, -0.2) is 34.0 Å². The van der Waals surface area contributed by atoms with E-state index in [4.69, 9.17) is 11.6 Å². The minimum atomic E-state index is -3.53. The van der Waals surface area contributed by atoms with E-state index in [9.17, 15) is 8.42 Å². The fraction of sp³-hybridized carbons (Fsp3) is 0.250. The molecule has 0 aliphatic heterocycles. The van der Waals surface area contributed by atoms with Crippen LogP contribution in [0, 0.1) is 0 Å². The summed E-state index contributed by atoms with van der Waals surface area (Å²) in [7, 11) is 0.258. The van der Waals surface area contributed by atoms with E-state index in [1.165, 1.54) is 0 Å². The van der Waals surface area contributed by atoms with Gasteiger partial charge in [0.25, 0.3) is 0 Å². The van der Waals surface area contributed by atoms with E-state index < -0.39 is 10.0 Å². The van der Waals surface area contributed by atoms with Crippen LogP contribution in [0.2, 0.25) is 5.02 Å². The molecule has 6 heteroatoms. The Labute approximate surface area is 136 Å². The number of benzene rings is 2. The van der Waals surface area contributed by atoms with E-state index in [1.807, 2.05) is 37.2 Å². The minimum absolute atomic E-state index is 0.146. The van der Waals surface area contributed by atoms with Crippen LogP contribution in [-0.2, 0) is 10.0 Å². The van der Waals surface area contributed by atoms with Crippen LogP contribution in [0.25, 0.3) is 0 Å². The molecule has 0 bridgehead atoms. The van der Waals surface area contributed by atoms with E-state index in [0.717, 1.165) is 5.56 Å². The smallest absolute Gasteiger partial charge is 0.240 e. The zero-order chi connectivity index (χ0) is 16.2. The second-order valence-corrected chi connectivity index (χ2v) is 7.34. The molecule has 0 fully saturated rings. The van der Waals surface area contributed by atoms with Crippen LogP contribution >= 0.6 is 11.6 Å². The summed E-state index contributed by atoms with van der Waals surface area (Å²) in [6, 6.07) is 15.6. The van der Waals surface area contributed by atoms with Crippen molar-refractivity contribution in [1.29, 1.82) is 0 Å². The van der Waals surface area contributed by atoms with E-state index in [1.54, 1.807) is 36.4 Å². The monoisotopic (exact) mass is 338 g/mol. The number of hydrogen-bond donors (Lipinski definition) is 1. The van der Waals surface area contributed by atoms with Gasteiger partial charge in [-0.05, 0) is 37.9 Å². The van der Waals surface area contributed by atoms with Crippen molar-refractivity contribution in [3.8, 4) is 0 Å². The van der Waals surface area contributed by atoms with Gasteiger partial charge in [0.1, 0.15) is 0 Å². The van der Waals surface area contributed by atoms with Crippen LogP contribution in [0.5, 0.6) is 0 Å². The standard InChI is InChI=1S/C16H19ClN2O2S/c1-19(2)16(14-10-6-7-11-15(14)17)12-18-22(20,21)13-8-4-3-5-9-13/h3-11,16,18H,12H2,1-2H3/t16-/m0/s1. The molecule has 22 heavy (non-hydrogen) atoms. The van der Waals surface area contributed by atoms with Gasteiger partial charge in [0, 0.05) is 17.6 Å². The largest absolute Gasteiger partial charge is 0.301 e. The predicted molar refractivity (Wildman–Crippen MR) is 89.5 cm³/mol. The van der Waals surface area contributed by atoms with Crippen molar-refractivity contribution in [2.45, 2.75) is 10.9 Å². The quantitative estimate of drug-likeness (QED) is 0.881. The Kier molecular flexibility index (Phi) is 5.58. The lowest BCUT2D eigenvalue weighted by Gasteiger charge is -2.25. The molecular weight excluding hydrogens is 320 g/mol. The van der Waals surface area contributed by atoms with Crippen molar-refractivity contribution < 1.29 is 8.42 Å². The van der Waals surface area contributed by atoms with Gasteiger partial charge in [-0.25, -0.2) is 13.1 Å². The van der Waals surface area contributed by atoms with Crippen molar-refractivity contribution in [2.75, 3.05) is 20.6 Å². The molecule has 0 saturated carbocycles. The first-order chi connectivity index (χ1) is 10.4. The molecule has 0 spiro atoms. The zero-order valence-corrected chi connectivity index (χ0v) is 14.1. The molecule has 0 radical (unpaired) electrons. The highest BCUT2D eigenvalue weighted by molar-refractivity contribution is 7.89. The molecule has 0 aliphatic carbocycles. The summed E-state index contributed by atoms with van der Waals surface area (Å²) < 4.78 is 27.3. The van der Waals surface area contributed by atoms with E-state index in [2.05, 4.69) is 4.72 Å². The van der Waals surface area contributed by atoms with Gasteiger partial charge >= 0.3 is 0 Å². The van der Waals surface area contributed by atoms with Crippen LogP contribution < -0.4 is 4.72 Å². The second-order valence-electron chi connectivity index (χ2n) is 5.17. The summed E-state index contributed by atoms with van der Waals surface area (Å²) in [5, 5.41) is 0.625. The third-order valence-corrected chi connectivity index (χ3v) is 5.19. The van der Waals surface area contributed by atoms with Crippen molar-refractivity contribution >= 4 is 21.6 Å². The third-order valence-electron chi connectivity index (χ3n) is 3.41. The molecule has 2 rings (SSSR count). The number of nitrogens with one attached hydrogen (secondary N) is 1. The number of sulfonamides is 1. The number of hydrogen-bond acceptors (Lipinski definition) is 3. The summed E-state index contributed by atoms with van der Waals surface area (Å²) in [6.07, 6.45) is 0. The molecule has 0 heterocycles. The highest BCUT2D eigenvalue weighted by Crippen LogP contribution is 2.25. The first-order valence-electron chi connectivity index (χ1n) is 6.87. The Morgan fingerprint density at radius 3 is 2.23 bits per heavy atom. The molecule has 1 N–H and O–H groups in total. The number of likely N-dealkylation sites (N-methyl/N-ethyl adjacent to an activating group) is 1. The van der Waals surface area contributed by atoms with Crippen molar-refractivity contribution in [2.24, 2.45) is 0 Å². The Bertz CT molecular complexity index is 718. The summed E-state index contributed by atoms with van der Waals surface area (Å²) >= 11 is 6.23. The average molecular weight is 339 g/mol. The number of halogens is 1. The average Bonchev–Trinajstić information content (AvgIpc) is 2.50. The molecule has 0 saturated heterocycles. The summed E-state index contributed by atoms with van der Waals surface area (Å²) in [6.45, 7) is 0.244. The van der Waals surface area contributed by atoms with Crippen LogP contribution in [0.15, 0.2) is 59.5 Å². The Balaban J connectivity index is 2.19. The summed E-state index contributed by atoms with van der Waals surface area (Å²) in [4.78, 5) is 2.20. The molecule has 0 aromatic heterocycles. The highest BCUT2D eigenvalue weighted by Gasteiger charge is 2.20. The second kappa shape index (κ2) is 7.24. The first-order valence-corrected chi connectivity index (χ1v) is 8.73. The Morgan fingerprint density at radius 2 is 1.64 bits per heavy atom. The Hall–Kier alpha value is -1.40. The maximum Gasteiger partial charge on any atom is 0.240 e. The van der Waals surface area contributed by atoms with Gasteiger partial charge in [-0.3, -0.25) is 0 Å². The molecule has 2 aromatic carbocycles. The van der Waals surface area contributed by atoms with Crippen molar-refractivity contribution in [3.05, 3.63) is 65.2 Å². The lowest BCUT2D eigenvalue weighted by Crippen LogP contribution is -2.34. The van der Waals surface area contributed by atoms with E-state index >= 15 is 0 Å². The zero-order valence-electron chi connectivity index (χ0n) is 12.5. The fourth-order valence-electron chi connectivity index (χ4n) is 2.19. The SMILES string of the molecule is CN(C)[C@@H](CNS(=O)(=O)c1ccccc1)c1ccccc1Cl. The maximum absolute atomic E-state index is 12.3. The summed E-state index contributed by atoms with van der Waals surface area (Å²) in [5.74, 6) is 0. The van der Waals surface area contributed by atoms with E-state index in [0.29, 0.717) is 5.02 Å². The lowest BCUT2D eigenvalue weighted by atomic mass is 10.1. The Morgan fingerprint density at radius 1 is 1.05 bits per heavy atom. The highest BCUT2D eigenvalue weighted by atomic mass is 35.5. The molecule has 0 aliphatic rings. The third kappa shape index (κ3) is 4.08. The van der Waals surface area contributed by atoms with Gasteiger partial charge in [-0.2, -0.15) is 0 Å². The van der Waals surface area contributed by atoms with Crippen LogP contribution in [0.4, 0.5) is 0 Å². The van der Waals surface area contributed by atoms with E-state index in [-0.39, 0.29) is 17.5 Å². The lowest BCUT2D eigenvalue weighted by molar-refractivity contribution is 0.299. The molecule has 1 atom stereocenters. The normalized spacial score (nSPS) is 13.3. The fourth-order valence-corrected chi connectivity index (χ4v) is 3.51. The minimum Gasteiger partial charge on any atom is -0.301 e. The number of rotatable bonds is 6. The first kappa shape index (κ1) is 17.0. The van der Waals surface area contributed by atoms with Gasteiger partial charge < -0.3 is 4.90 Å². The van der Waals surface area contributed by atoms with Gasteiger partial charge in [0.2, 0.25) is 10.0 Å². The molecule has 2 aromatic rings. The summed E-state index contributed by atoms with van der Waals surface area (Å²) in [5.41, 5.74) is 0.893. The molecule has 0 unspecified atom stereocenters. The van der Waals surface area contributed by atoms with Crippen LogP contribution in [0.3, 0.4) is 0 Å². The van der Waals surface area contributed by atoms with Crippen LogP contribution in [0.1, 0.15) is 11.6 Å². The van der Waals surface area contributed by atoms with Gasteiger partial charge in [0.05, 0.1) is 4.90 Å². The van der Waals surface area contributed by atoms with Crippen molar-refractivity contribution in [1.82, 2.24) is 9.62 Å². The molecule has 4 nitrogen and oxygen atoms in total. The molecule has 118 valence electrons.